The zero-order chi connectivity index (χ0) is 47.3. The number of hydrogen-bond donors (Lipinski definition) is 0. The van der Waals surface area contributed by atoms with Crippen molar-refractivity contribution in [3.63, 3.8) is 0 Å². The number of furan rings is 1. The normalized spacial score (nSPS) is 19.4. The van der Waals surface area contributed by atoms with Gasteiger partial charge in [0.2, 0.25) is 0 Å². The van der Waals surface area contributed by atoms with Crippen molar-refractivity contribution in [3.8, 4) is 16.8 Å². The van der Waals surface area contributed by atoms with Gasteiger partial charge in [0, 0.05) is 59.6 Å². The lowest BCUT2D eigenvalue weighted by atomic mass is 9.82. The van der Waals surface area contributed by atoms with Crippen molar-refractivity contribution in [1.29, 1.82) is 0 Å². The van der Waals surface area contributed by atoms with Crippen LogP contribution in [0.25, 0.3) is 93.6 Å². The van der Waals surface area contributed by atoms with Crippen molar-refractivity contribution in [1.82, 2.24) is 4.57 Å². The van der Waals surface area contributed by atoms with Crippen molar-refractivity contribution in [3.05, 3.63) is 232 Å². The molecule has 0 bridgehead atoms. The van der Waals surface area contributed by atoms with Crippen LogP contribution >= 0.6 is 11.3 Å². The molecule has 0 fully saturated rings. The fourth-order valence-electron chi connectivity index (χ4n) is 12.6. The molecular weight excluding hydrogens is 895 g/mol. The fraction of sp³-hybridized carbons (Fsp3) is 0.134. The van der Waals surface area contributed by atoms with Gasteiger partial charge in [-0.15, -0.1) is 11.3 Å². The van der Waals surface area contributed by atoms with Crippen LogP contribution in [-0.4, -0.2) is 16.1 Å². The zero-order valence-electron chi connectivity index (χ0n) is 39.8. The van der Waals surface area contributed by atoms with E-state index in [1.54, 1.807) is 0 Å². The average Bonchev–Trinajstić information content (AvgIpc) is 4.06. The molecule has 0 saturated carbocycles. The van der Waals surface area contributed by atoms with E-state index in [2.05, 4.69) is 211 Å². The van der Waals surface area contributed by atoms with Crippen molar-refractivity contribution in [2.24, 2.45) is 15.9 Å². The quantitative estimate of drug-likeness (QED) is 0.170. The molecule has 3 unspecified atom stereocenters. The summed E-state index contributed by atoms with van der Waals surface area (Å²) in [5, 5.41) is 9.99. The van der Waals surface area contributed by atoms with E-state index in [4.69, 9.17) is 14.4 Å². The molecule has 0 saturated heterocycles. The van der Waals surface area contributed by atoms with E-state index in [-0.39, 0.29) is 17.9 Å². The highest BCUT2D eigenvalue weighted by Gasteiger charge is 2.31. The summed E-state index contributed by atoms with van der Waals surface area (Å²) in [6.07, 6.45) is 10.6. The van der Waals surface area contributed by atoms with E-state index in [0.29, 0.717) is 0 Å². The Balaban J connectivity index is 0.958. The van der Waals surface area contributed by atoms with Gasteiger partial charge in [0.25, 0.3) is 0 Å². The smallest absolute Gasteiger partial charge is 0.155 e. The third-order valence-electron chi connectivity index (χ3n) is 16.0. The van der Waals surface area contributed by atoms with Gasteiger partial charge in [0.1, 0.15) is 11.2 Å². The van der Waals surface area contributed by atoms with Crippen LogP contribution in [0.4, 0.5) is 0 Å². The number of aliphatic imine (C=N–C) groups is 2. The molecule has 4 nitrogen and oxygen atoms in total. The first-order valence-electron chi connectivity index (χ1n) is 25.7. The van der Waals surface area contributed by atoms with Crippen LogP contribution in [-0.2, 0) is 6.42 Å². The van der Waals surface area contributed by atoms with Gasteiger partial charge in [-0.1, -0.05) is 146 Å². The molecule has 12 aromatic rings. The zero-order valence-corrected chi connectivity index (χ0v) is 40.6. The van der Waals surface area contributed by atoms with E-state index in [9.17, 15) is 0 Å². The van der Waals surface area contributed by atoms with E-state index in [1.807, 2.05) is 11.3 Å². The summed E-state index contributed by atoms with van der Waals surface area (Å²) in [5.41, 5.74) is 15.5. The molecule has 15 rings (SSSR count). The molecule has 3 aromatic heterocycles. The Bertz CT molecular complexity index is 4380. The van der Waals surface area contributed by atoms with Crippen LogP contribution < -0.4 is 9.75 Å². The first-order valence-corrected chi connectivity index (χ1v) is 26.5. The summed E-state index contributed by atoms with van der Waals surface area (Å²) in [6.45, 7) is 0. The molecule has 0 radical (unpaired) electrons. The van der Waals surface area contributed by atoms with Crippen LogP contribution in [0.2, 0.25) is 0 Å². The Hall–Kier alpha value is -8.12. The van der Waals surface area contributed by atoms with Crippen LogP contribution in [0, 0.1) is 5.92 Å². The second-order valence-corrected chi connectivity index (χ2v) is 21.2. The van der Waals surface area contributed by atoms with E-state index in [1.165, 1.54) is 91.5 Å². The molecule has 3 atom stereocenters. The molecule has 72 heavy (non-hydrogen) atoms. The fourth-order valence-corrected chi connectivity index (χ4v) is 13.8. The summed E-state index contributed by atoms with van der Waals surface area (Å²) in [7, 11) is 0. The molecule has 5 heteroatoms. The van der Waals surface area contributed by atoms with E-state index >= 15 is 0 Å². The lowest BCUT2D eigenvalue weighted by Crippen LogP contribution is -2.28. The molecule has 0 spiro atoms. The number of rotatable bonds is 5. The Labute approximate surface area is 421 Å². The van der Waals surface area contributed by atoms with Gasteiger partial charge in [-0.05, 0) is 154 Å². The minimum atomic E-state index is -0.104. The van der Waals surface area contributed by atoms with Gasteiger partial charge in [-0.3, -0.25) is 4.99 Å². The van der Waals surface area contributed by atoms with Crippen LogP contribution in [0.3, 0.4) is 0 Å². The maximum absolute atomic E-state index is 6.79. The van der Waals surface area contributed by atoms with Crippen molar-refractivity contribution >= 4 is 99.6 Å². The molecule has 1 aliphatic heterocycles. The highest BCUT2D eigenvalue weighted by molar-refractivity contribution is 7.17. The monoisotopic (exact) mass is 943 g/mol. The summed E-state index contributed by atoms with van der Waals surface area (Å²) < 4.78 is 11.9. The lowest BCUT2D eigenvalue weighted by Gasteiger charge is -2.25. The largest absolute Gasteiger partial charge is 0.456 e. The Morgan fingerprint density at radius 1 is 0.542 bits per heavy atom. The number of aryl methyl sites for hydroxylation is 1. The highest BCUT2D eigenvalue weighted by atomic mass is 32.1. The molecule has 0 N–H and O–H groups in total. The topological polar surface area (TPSA) is 42.8 Å². The van der Waals surface area contributed by atoms with Gasteiger partial charge >= 0.3 is 0 Å². The number of nitrogens with zero attached hydrogens (tertiary/aromatic N) is 3. The third-order valence-corrected chi connectivity index (χ3v) is 17.2. The number of para-hydroxylation sites is 3. The summed E-state index contributed by atoms with van der Waals surface area (Å²) >= 11 is 1.90. The first kappa shape index (κ1) is 41.6. The molecule has 9 aromatic carbocycles. The van der Waals surface area contributed by atoms with Crippen molar-refractivity contribution < 1.29 is 4.42 Å². The maximum atomic E-state index is 6.79. The standard InChI is InChI=1S/C67H49N3OS/c1-2-17-46(18-3-1)70-61-26-11-8-21-50(61)56-37-44(31-34-62(56)70)59-24-14-25-60(45-30-33-53-52-23-10-13-28-65(52)72-66(53)38-45)69-67(68-59)58-39-57-51-22-9-12-27-63(51)71-64(57)40-55(58)49-32-29-43-35-41-15-4-5-16-42(41)36-54(43)48-20-7-6-19-47(48)49/h1-13,15-23,26-28,31,33-40,45,49,59H,14,24-25,29-30,32H2/b68-67-,69-60+. The molecule has 344 valence electrons. The predicted octanol–water partition coefficient (Wildman–Crippen LogP) is 16.2. The number of hydrogen-bond acceptors (Lipinski definition) is 4. The number of amidine groups is 1. The second-order valence-electron chi connectivity index (χ2n) is 20.1. The van der Waals surface area contributed by atoms with Gasteiger partial charge < -0.3 is 8.98 Å². The highest BCUT2D eigenvalue weighted by Crippen LogP contribution is 2.46. The molecule has 2 aliphatic carbocycles. The molecular formula is C67H49N3OS. The number of aromatic nitrogens is 1. The minimum absolute atomic E-state index is 0.0608. The average molecular weight is 944 g/mol. The van der Waals surface area contributed by atoms with Gasteiger partial charge in [-0.2, -0.15) is 0 Å². The number of benzene rings is 9. The van der Waals surface area contributed by atoms with Crippen molar-refractivity contribution in [2.75, 3.05) is 0 Å². The summed E-state index contributed by atoms with van der Waals surface area (Å²) in [6, 6.07) is 71.4. The molecule has 0 amide bonds. The Morgan fingerprint density at radius 2 is 1.31 bits per heavy atom. The number of fused-ring (bicyclic) bond motifs is 13. The minimum Gasteiger partial charge on any atom is -0.456 e. The van der Waals surface area contributed by atoms with E-state index in [0.717, 1.165) is 77.5 Å². The Kier molecular flexibility index (Phi) is 9.69. The predicted molar refractivity (Wildman–Crippen MR) is 303 cm³/mol. The van der Waals surface area contributed by atoms with Gasteiger partial charge in [0.05, 0.1) is 17.1 Å². The Morgan fingerprint density at radius 3 is 2.22 bits per heavy atom. The van der Waals surface area contributed by atoms with Crippen LogP contribution in [0.5, 0.6) is 0 Å². The van der Waals surface area contributed by atoms with E-state index < -0.39 is 0 Å². The summed E-state index contributed by atoms with van der Waals surface area (Å²) in [5.74, 6) is 1.06. The maximum Gasteiger partial charge on any atom is 0.155 e. The number of thiophene rings is 1. The van der Waals surface area contributed by atoms with Gasteiger partial charge in [0.15, 0.2) is 5.84 Å². The second kappa shape index (κ2) is 16.8. The van der Waals surface area contributed by atoms with Crippen LogP contribution in [0.15, 0.2) is 209 Å². The molecule has 4 heterocycles. The SMILES string of the molecule is C1=c2sc3ccccc3c2=CCC1/C1=N/C(c2cc3c(cc2C2CCc4cc5ccccc5cc4-c4ccccc42)oc2ccccc23)=N\C(c2ccc3c(c2)c2ccccc2n3-c2ccccc2)CCC1. The van der Waals surface area contributed by atoms with Gasteiger partial charge in [-0.25, -0.2) is 4.99 Å². The summed E-state index contributed by atoms with van der Waals surface area (Å²) in [4.78, 5) is 12.0. The first-order chi connectivity index (χ1) is 35.7. The van der Waals surface area contributed by atoms with Crippen molar-refractivity contribution in [2.45, 2.75) is 50.5 Å². The molecule has 3 aliphatic rings. The van der Waals surface area contributed by atoms with Crippen LogP contribution in [0.1, 0.15) is 71.9 Å². The lowest BCUT2D eigenvalue weighted by molar-refractivity contribution is 0.616. The third kappa shape index (κ3) is 6.78.